The lowest BCUT2D eigenvalue weighted by atomic mass is 10.2. The zero-order valence-electron chi connectivity index (χ0n) is 12.3. The standard InChI is InChI=1S/C15H20N4O/c1-10(2)16-9-12-14(17-11(3)4)18-13-7-5-6-8-19(13)15(12)20/h5-11,17H,1-4H3/b16-9+. The molecule has 0 amide bonds. The number of rotatable bonds is 4. The molecule has 0 atom stereocenters. The predicted molar refractivity (Wildman–Crippen MR) is 83.0 cm³/mol. The number of aromatic nitrogens is 2. The Labute approximate surface area is 118 Å². The van der Waals surface area contributed by atoms with Gasteiger partial charge in [-0.05, 0) is 39.8 Å². The van der Waals surface area contributed by atoms with E-state index in [1.807, 2.05) is 45.9 Å². The number of hydrogen-bond donors (Lipinski definition) is 1. The number of anilines is 1. The van der Waals surface area contributed by atoms with Crippen molar-refractivity contribution in [3.8, 4) is 0 Å². The van der Waals surface area contributed by atoms with E-state index in [1.165, 1.54) is 4.40 Å². The summed E-state index contributed by atoms with van der Waals surface area (Å²) in [7, 11) is 0. The van der Waals surface area contributed by atoms with Gasteiger partial charge in [0.15, 0.2) is 0 Å². The molecule has 1 N–H and O–H groups in total. The average Bonchev–Trinajstić information content (AvgIpc) is 2.37. The van der Waals surface area contributed by atoms with Crippen molar-refractivity contribution in [3.05, 3.63) is 40.3 Å². The molecule has 0 spiro atoms. The van der Waals surface area contributed by atoms with Crippen molar-refractivity contribution in [3.63, 3.8) is 0 Å². The van der Waals surface area contributed by atoms with Crippen molar-refractivity contribution >= 4 is 17.7 Å². The minimum Gasteiger partial charge on any atom is -0.367 e. The third-order valence-corrected chi connectivity index (χ3v) is 2.70. The van der Waals surface area contributed by atoms with Crippen LogP contribution in [0.4, 0.5) is 5.82 Å². The van der Waals surface area contributed by atoms with Gasteiger partial charge < -0.3 is 5.32 Å². The van der Waals surface area contributed by atoms with Crippen LogP contribution in [-0.2, 0) is 0 Å². The summed E-state index contributed by atoms with van der Waals surface area (Å²) in [6.45, 7) is 7.96. The van der Waals surface area contributed by atoms with Gasteiger partial charge in [-0.15, -0.1) is 0 Å². The van der Waals surface area contributed by atoms with Gasteiger partial charge in [0.2, 0.25) is 0 Å². The molecule has 0 aliphatic carbocycles. The summed E-state index contributed by atoms with van der Waals surface area (Å²) in [5.41, 5.74) is 1.02. The molecule has 20 heavy (non-hydrogen) atoms. The van der Waals surface area contributed by atoms with E-state index in [4.69, 9.17) is 0 Å². The van der Waals surface area contributed by atoms with E-state index in [0.29, 0.717) is 17.0 Å². The second kappa shape index (κ2) is 5.86. The number of hydrogen-bond acceptors (Lipinski definition) is 4. The molecule has 106 valence electrons. The number of nitrogens with zero attached hydrogens (tertiary/aromatic N) is 3. The first-order valence-electron chi connectivity index (χ1n) is 6.80. The third-order valence-electron chi connectivity index (χ3n) is 2.70. The van der Waals surface area contributed by atoms with Gasteiger partial charge in [0.05, 0.1) is 0 Å². The van der Waals surface area contributed by atoms with Crippen molar-refractivity contribution in [2.75, 3.05) is 5.32 Å². The van der Waals surface area contributed by atoms with Crippen LogP contribution in [0.3, 0.4) is 0 Å². The lowest BCUT2D eigenvalue weighted by Gasteiger charge is -2.12. The molecule has 5 heteroatoms. The van der Waals surface area contributed by atoms with Crippen molar-refractivity contribution in [1.82, 2.24) is 9.38 Å². The summed E-state index contributed by atoms with van der Waals surface area (Å²) >= 11 is 0. The topological polar surface area (TPSA) is 58.8 Å². The first-order chi connectivity index (χ1) is 9.49. The van der Waals surface area contributed by atoms with Gasteiger partial charge >= 0.3 is 0 Å². The van der Waals surface area contributed by atoms with Crippen LogP contribution in [-0.4, -0.2) is 27.7 Å². The van der Waals surface area contributed by atoms with Crippen LogP contribution < -0.4 is 10.9 Å². The van der Waals surface area contributed by atoms with Crippen molar-refractivity contribution in [2.45, 2.75) is 39.8 Å². The van der Waals surface area contributed by atoms with Gasteiger partial charge in [0.25, 0.3) is 5.56 Å². The van der Waals surface area contributed by atoms with Crippen LogP contribution in [0.5, 0.6) is 0 Å². The Bertz CT molecular complexity index is 686. The van der Waals surface area contributed by atoms with Gasteiger partial charge in [0.1, 0.15) is 17.0 Å². The van der Waals surface area contributed by atoms with E-state index in [2.05, 4.69) is 15.3 Å². The van der Waals surface area contributed by atoms with Crippen molar-refractivity contribution < 1.29 is 0 Å². The Hall–Kier alpha value is -2.17. The molecule has 2 rings (SSSR count). The van der Waals surface area contributed by atoms with Gasteiger partial charge in [-0.3, -0.25) is 14.2 Å². The fourth-order valence-corrected chi connectivity index (χ4v) is 1.83. The van der Waals surface area contributed by atoms with E-state index in [-0.39, 0.29) is 17.6 Å². The molecule has 0 saturated heterocycles. The van der Waals surface area contributed by atoms with E-state index in [1.54, 1.807) is 12.4 Å². The Balaban J connectivity index is 2.66. The summed E-state index contributed by atoms with van der Waals surface area (Å²) < 4.78 is 1.53. The predicted octanol–water partition coefficient (Wildman–Crippen LogP) is 2.34. The van der Waals surface area contributed by atoms with E-state index >= 15 is 0 Å². The van der Waals surface area contributed by atoms with Gasteiger partial charge in [0, 0.05) is 24.5 Å². The Morgan fingerprint density at radius 2 is 2.05 bits per heavy atom. The summed E-state index contributed by atoms with van der Waals surface area (Å²) in [4.78, 5) is 21.4. The molecule has 0 bridgehead atoms. The fraction of sp³-hybridized carbons (Fsp3) is 0.400. The van der Waals surface area contributed by atoms with Gasteiger partial charge in [-0.1, -0.05) is 6.07 Å². The number of aliphatic imine (C=N–C) groups is 1. The van der Waals surface area contributed by atoms with Crippen molar-refractivity contribution in [2.24, 2.45) is 4.99 Å². The van der Waals surface area contributed by atoms with Crippen LogP contribution in [0.1, 0.15) is 33.3 Å². The minimum atomic E-state index is -0.108. The smallest absolute Gasteiger partial charge is 0.268 e. The first-order valence-corrected chi connectivity index (χ1v) is 6.80. The van der Waals surface area contributed by atoms with Crippen LogP contribution in [0, 0.1) is 0 Å². The zero-order valence-corrected chi connectivity index (χ0v) is 12.3. The monoisotopic (exact) mass is 272 g/mol. The SMILES string of the molecule is CC(C)/N=C/c1c(NC(C)C)nc2ccccn2c1=O. The van der Waals surface area contributed by atoms with Crippen molar-refractivity contribution in [1.29, 1.82) is 0 Å². The Morgan fingerprint density at radius 1 is 1.30 bits per heavy atom. The van der Waals surface area contributed by atoms with Crippen LogP contribution in [0.15, 0.2) is 34.2 Å². The molecule has 2 aromatic rings. The van der Waals surface area contributed by atoms with Crippen LogP contribution in [0.2, 0.25) is 0 Å². The maximum Gasteiger partial charge on any atom is 0.268 e. The average molecular weight is 272 g/mol. The Kier molecular flexibility index (Phi) is 4.17. The molecule has 0 unspecified atom stereocenters. The molecule has 0 fully saturated rings. The normalized spacial score (nSPS) is 11.9. The van der Waals surface area contributed by atoms with E-state index < -0.39 is 0 Å². The van der Waals surface area contributed by atoms with Crippen LogP contribution in [0.25, 0.3) is 5.65 Å². The number of pyridine rings is 1. The molecular weight excluding hydrogens is 252 g/mol. The molecule has 5 nitrogen and oxygen atoms in total. The lowest BCUT2D eigenvalue weighted by Crippen LogP contribution is -2.24. The highest BCUT2D eigenvalue weighted by Gasteiger charge is 2.11. The van der Waals surface area contributed by atoms with E-state index in [9.17, 15) is 4.79 Å². The molecule has 0 saturated carbocycles. The van der Waals surface area contributed by atoms with Gasteiger partial charge in [-0.2, -0.15) is 0 Å². The molecule has 2 aromatic heterocycles. The van der Waals surface area contributed by atoms with Crippen LogP contribution >= 0.6 is 0 Å². The third kappa shape index (κ3) is 3.04. The molecular formula is C15H20N4O. The highest BCUT2D eigenvalue weighted by Crippen LogP contribution is 2.10. The van der Waals surface area contributed by atoms with Gasteiger partial charge in [-0.25, -0.2) is 4.98 Å². The summed E-state index contributed by atoms with van der Waals surface area (Å²) in [6, 6.07) is 5.82. The molecule has 2 heterocycles. The van der Waals surface area contributed by atoms with E-state index in [0.717, 1.165) is 0 Å². The largest absolute Gasteiger partial charge is 0.367 e. The molecule has 0 radical (unpaired) electrons. The first kappa shape index (κ1) is 14.2. The zero-order chi connectivity index (χ0) is 14.7. The highest BCUT2D eigenvalue weighted by molar-refractivity contribution is 5.86. The highest BCUT2D eigenvalue weighted by atomic mass is 16.1. The molecule has 0 aromatic carbocycles. The summed E-state index contributed by atoms with van der Waals surface area (Å²) in [5.74, 6) is 0.584. The quantitative estimate of drug-likeness (QED) is 0.869. The molecule has 0 aliphatic heterocycles. The maximum atomic E-state index is 12.5. The number of fused-ring (bicyclic) bond motifs is 1. The maximum absolute atomic E-state index is 12.5. The molecule has 0 aliphatic rings. The Morgan fingerprint density at radius 3 is 2.70 bits per heavy atom. The fourth-order valence-electron chi connectivity index (χ4n) is 1.83. The second-order valence-electron chi connectivity index (χ2n) is 5.28. The number of nitrogens with one attached hydrogen (secondary N) is 1. The minimum absolute atomic E-state index is 0.108. The second-order valence-corrected chi connectivity index (χ2v) is 5.28. The summed E-state index contributed by atoms with van der Waals surface area (Å²) in [6.07, 6.45) is 3.33. The summed E-state index contributed by atoms with van der Waals surface area (Å²) in [5, 5.41) is 3.21. The lowest BCUT2D eigenvalue weighted by molar-refractivity contribution is 0.839.